The van der Waals surface area contributed by atoms with Crippen molar-refractivity contribution in [3.05, 3.63) is 35.4 Å². The summed E-state index contributed by atoms with van der Waals surface area (Å²) in [6, 6.07) is 7.37. The lowest BCUT2D eigenvalue weighted by Gasteiger charge is -2.32. The highest BCUT2D eigenvalue weighted by Crippen LogP contribution is 2.21. The minimum Gasteiger partial charge on any atom is -0.481 e. The van der Waals surface area contributed by atoms with Crippen LogP contribution >= 0.6 is 0 Å². The summed E-state index contributed by atoms with van der Waals surface area (Å²) < 4.78 is 4.67. The number of hydrogen-bond donors (Lipinski definition) is 1. The number of likely N-dealkylation sites (tertiary alicyclic amines) is 1. The first-order valence-electron chi connectivity index (χ1n) is 7.20. The molecule has 0 aliphatic carbocycles. The summed E-state index contributed by atoms with van der Waals surface area (Å²) in [4.78, 5) is 24.5. The number of carbonyl (C=O) groups excluding carboxylic acids is 1. The van der Waals surface area contributed by atoms with Gasteiger partial charge in [0.1, 0.15) is 0 Å². The topological polar surface area (TPSA) is 66.8 Å². The van der Waals surface area contributed by atoms with Crippen LogP contribution in [0.4, 0.5) is 0 Å². The van der Waals surface area contributed by atoms with Gasteiger partial charge >= 0.3 is 11.9 Å². The SMILES string of the molecule is COC(=O)c1ccc(CN2CCCC(CC(=O)O)C2)cc1. The van der Waals surface area contributed by atoms with E-state index in [0.717, 1.165) is 38.0 Å². The molecule has 1 aromatic rings. The summed E-state index contributed by atoms with van der Waals surface area (Å²) in [5.41, 5.74) is 1.67. The van der Waals surface area contributed by atoms with E-state index in [1.54, 1.807) is 12.1 Å². The molecular formula is C16H21NO4. The van der Waals surface area contributed by atoms with E-state index < -0.39 is 5.97 Å². The summed E-state index contributed by atoms with van der Waals surface area (Å²) in [5.74, 6) is -0.809. The zero-order chi connectivity index (χ0) is 15.2. The number of hydrogen-bond acceptors (Lipinski definition) is 4. The van der Waals surface area contributed by atoms with Crippen LogP contribution in [0.15, 0.2) is 24.3 Å². The van der Waals surface area contributed by atoms with Gasteiger partial charge in [-0.2, -0.15) is 0 Å². The number of methoxy groups -OCH3 is 1. The van der Waals surface area contributed by atoms with Crippen LogP contribution in [0.25, 0.3) is 0 Å². The highest BCUT2D eigenvalue weighted by atomic mass is 16.5. The average molecular weight is 291 g/mol. The quantitative estimate of drug-likeness (QED) is 0.842. The van der Waals surface area contributed by atoms with E-state index in [0.29, 0.717) is 5.56 Å². The number of benzene rings is 1. The molecular weight excluding hydrogens is 270 g/mol. The Hall–Kier alpha value is -1.88. The van der Waals surface area contributed by atoms with Crippen molar-refractivity contribution >= 4 is 11.9 Å². The van der Waals surface area contributed by atoms with E-state index in [-0.39, 0.29) is 18.3 Å². The number of carbonyl (C=O) groups is 2. The highest BCUT2D eigenvalue weighted by molar-refractivity contribution is 5.89. The summed E-state index contributed by atoms with van der Waals surface area (Å²) in [6.45, 7) is 2.61. The third-order valence-electron chi connectivity index (χ3n) is 3.85. The third-order valence-corrected chi connectivity index (χ3v) is 3.85. The molecule has 1 aromatic carbocycles. The van der Waals surface area contributed by atoms with Crippen molar-refractivity contribution in [1.29, 1.82) is 0 Å². The molecule has 21 heavy (non-hydrogen) atoms. The van der Waals surface area contributed by atoms with Crippen molar-refractivity contribution in [3.8, 4) is 0 Å². The van der Waals surface area contributed by atoms with Gasteiger partial charge in [0.2, 0.25) is 0 Å². The van der Waals surface area contributed by atoms with Crippen LogP contribution in [0.1, 0.15) is 35.2 Å². The molecule has 5 nitrogen and oxygen atoms in total. The number of piperidine rings is 1. The Labute approximate surface area is 124 Å². The molecule has 0 bridgehead atoms. The average Bonchev–Trinajstić information content (AvgIpc) is 2.47. The Kier molecular flexibility index (Phi) is 5.33. The molecule has 0 amide bonds. The summed E-state index contributed by atoms with van der Waals surface area (Å²) in [7, 11) is 1.37. The summed E-state index contributed by atoms with van der Waals surface area (Å²) >= 11 is 0. The molecule has 0 saturated carbocycles. The maximum Gasteiger partial charge on any atom is 0.337 e. The molecule has 0 aromatic heterocycles. The Morgan fingerprint density at radius 3 is 2.67 bits per heavy atom. The van der Waals surface area contributed by atoms with E-state index in [2.05, 4.69) is 9.64 Å². The van der Waals surface area contributed by atoms with Gasteiger partial charge < -0.3 is 9.84 Å². The fourth-order valence-electron chi connectivity index (χ4n) is 2.83. The molecule has 114 valence electrons. The van der Waals surface area contributed by atoms with Gasteiger partial charge in [-0.05, 0) is 43.0 Å². The molecule has 0 spiro atoms. The van der Waals surface area contributed by atoms with Gasteiger partial charge in [-0.1, -0.05) is 12.1 Å². The Morgan fingerprint density at radius 1 is 1.33 bits per heavy atom. The van der Waals surface area contributed by atoms with Gasteiger partial charge in [0.25, 0.3) is 0 Å². The predicted molar refractivity (Wildman–Crippen MR) is 78.0 cm³/mol. The zero-order valence-corrected chi connectivity index (χ0v) is 12.2. The number of rotatable bonds is 5. The lowest BCUT2D eigenvalue weighted by Crippen LogP contribution is -2.35. The molecule has 1 aliphatic rings. The standard InChI is InChI=1S/C16H21NO4/c1-21-16(20)14-6-4-12(5-7-14)10-17-8-2-3-13(11-17)9-15(18)19/h4-7,13H,2-3,8-11H2,1H3,(H,18,19). The second kappa shape index (κ2) is 7.22. The third kappa shape index (κ3) is 4.56. The first-order chi connectivity index (χ1) is 10.1. The van der Waals surface area contributed by atoms with Crippen LogP contribution in [0, 0.1) is 5.92 Å². The van der Waals surface area contributed by atoms with Crippen molar-refractivity contribution in [2.75, 3.05) is 20.2 Å². The van der Waals surface area contributed by atoms with Crippen molar-refractivity contribution in [3.63, 3.8) is 0 Å². The minimum absolute atomic E-state index is 0.241. The fraction of sp³-hybridized carbons (Fsp3) is 0.500. The fourth-order valence-corrected chi connectivity index (χ4v) is 2.83. The van der Waals surface area contributed by atoms with Crippen LogP contribution in [-0.4, -0.2) is 42.1 Å². The van der Waals surface area contributed by atoms with Gasteiger partial charge in [0.05, 0.1) is 12.7 Å². The maximum atomic E-state index is 11.4. The zero-order valence-electron chi connectivity index (χ0n) is 12.2. The van der Waals surface area contributed by atoms with E-state index in [1.165, 1.54) is 7.11 Å². The van der Waals surface area contributed by atoms with Gasteiger partial charge in [-0.15, -0.1) is 0 Å². The molecule has 2 rings (SSSR count). The van der Waals surface area contributed by atoms with Crippen LogP contribution in [-0.2, 0) is 16.1 Å². The van der Waals surface area contributed by atoms with Gasteiger partial charge in [-0.3, -0.25) is 9.69 Å². The number of esters is 1. The Balaban J connectivity index is 1.91. The molecule has 1 saturated heterocycles. The van der Waals surface area contributed by atoms with Crippen LogP contribution < -0.4 is 0 Å². The highest BCUT2D eigenvalue weighted by Gasteiger charge is 2.22. The minimum atomic E-state index is -0.718. The Bertz CT molecular complexity index is 498. The van der Waals surface area contributed by atoms with Gasteiger partial charge in [0, 0.05) is 19.5 Å². The van der Waals surface area contributed by atoms with E-state index in [1.807, 2.05) is 12.1 Å². The van der Waals surface area contributed by atoms with Crippen molar-refractivity contribution in [2.45, 2.75) is 25.8 Å². The first kappa shape index (κ1) is 15.5. The lowest BCUT2D eigenvalue weighted by atomic mass is 9.94. The van der Waals surface area contributed by atoms with E-state index >= 15 is 0 Å². The Morgan fingerprint density at radius 2 is 2.05 bits per heavy atom. The van der Waals surface area contributed by atoms with Gasteiger partial charge in [-0.25, -0.2) is 4.79 Å². The molecule has 0 radical (unpaired) electrons. The van der Waals surface area contributed by atoms with Crippen molar-refractivity contribution < 1.29 is 19.4 Å². The second-order valence-corrected chi connectivity index (χ2v) is 5.53. The van der Waals surface area contributed by atoms with E-state index in [9.17, 15) is 9.59 Å². The number of carboxylic acids is 1. The summed E-state index contributed by atoms with van der Waals surface area (Å²) in [6.07, 6.45) is 2.28. The molecule has 1 atom stereocenters. The van der Waals surface area contributed by atoms with E-state index in [4.69, 9.17) is 5.11 Å². The summed E-state index contributed by atoms with van der Waals surface area (Å²) in [5, 5.41) is 8.89. The number of ether oxygens (including phenoxy) is 1. The van der Waals surface area contributed by atoms with Crippen LogP contribution in [0.2, 0.25) is 0 Å². The monoisotopic (exact) mass is 291 g/mol. The molecule has 1 N–H and O–H groups in total. The number of aliphatic carboxylic acids is 1. The van der Waals surface area contributed by atoms with Crippen LogP contribution in [0.5, 0.6) is 0 Å². The number of carboxylic acid groups (broad SMARTS) is 1. The van der Waals surface area contributed by atoms with Crippen molar-refractivity contribution in [1.82, 2.24) is 4.90 Å². The molecule has 1 aliphatic heterocycles. The first-order valence-corrected chi connectivity index (χ1v) is 7.20. The molecule has 1 heterocycles. The molecule has 1 fully saturated rings. The normalized spacial score (nSPS) is 19.2. The lowest BCUT2D eigenvalue weighted by molar-refractivity contribution is -0.138. The maximum absolute atomic E-state index is 11.4. The largest absolute Gasteiger partial charge is 0.481 e. The van der Waals surface area contributed by atoms with Crippen LogP contribution in [0.3, 0.4) is 0 Å². The second-order valence-electron chi connectivity index (χ2n) is 5.53. The van der Waals surface area contributed by atoms with Crippen molar-refractivity contribution in [2.24, 2.45) is 5.92 Å². The molecule has 5 heteroatoms. The number of nitrogens with zero attached hydrogens (tertiary/aromatic N) is 1. The predicted octanol–water partition coefficient (Wildman–Crippen LogP) is 2.16. The van der Waals surface area contributed by atoms with Gasteiger partial charge in [0.15, 0.2) is 0 Å². The molecule has 1 unspecified atom stereocenters. The smallest absolute Gasteiger partial charge is 0.337 e.